The van der Waals surface area contributed by atoms with Gasteiger partial charge in [0, 0.05) is 5.39 Å². The van der Waals surface area contributed by atoms with Gasteiger partial charge in [0.05, 0.1) is 4.90 Å². The molecular formula is C22H19NO3S. The maximum Gasteiger partial charge on any atom is 0.238 e. The number of hydrogen-bond donors (Lipinski definition) is 1. The van der Waals surface area contributed by atoms with Crippen molar-refractivity contribution >= 4 is 20.8 Å². The van der Waals surface area contributed by atoms with Gasteiger partial charge in [0.1, 0.15) is 11.5 Å². The molecule has 0 aromatic heterocycles. The number of primary sulfonamides is 1. The molecule has 0 fully saturated rings. The summed E-state index contributed by atoms with van der Waals surface area (Å²) in [7, 11) is -3.50. The normalized spacial score (nSPS) is 10.7. The van der Waals surface area contributed by atoms with Crippen molar-refractivity contribution in [3.8, 4) is 11.5 Å². The molecule has 0 saturated carbocycles. The molecule has 0 heterocycles. The number of benzene rings is 4. The topological polar surface area (TPSA) is 69.4 Å². The van der Waals surface area contributed by atoms with Crippen LogP contribution < -0.4 is 9.88 Å². The van der Waals surface area contributed by atoms with E-state index in [1.165, 1.54) is 17.5 Å². The van der Waals surface area contributed by atoms with E-state index in [4.69, 9.17) is 9.88 Å². The van der Waals surface area contributed by atoms with Gasteiger partial charge in [0.25, 0.3) is 0 Å². The molecule has 4 aromatic carbocycles. The lowest BCUT2D eigenvalue weighted by molar-refractivity contribution is 0.488. The van der Waals surface area contributed by atoms with Crippen LogP contribution in [-0.4, -0.2) is 8.42 Å². The average Bonchev–Trinajstić information content (AvgIpc) is 2.70. The van der Waals surface area contributed by atoms with Gasteiger partial charge in [-0.15, -0.1) is 0 Å². The molecule has 4 rings (SSSR count). The fourth-order valence-electron chi connectivity index (χ4n) is 2.51. The summed E-state index contributed by atoms with van der Waals surface area (Å²) < 4.78 is 27.1. The van der Waals surface area contributed by atoms with E-state index in [-0.39, 0.29) is 4.90 Å². The predicted octanol–water partition coefficient (Wildman–Crippen LogP) is 4.97. The zero-order valence-electron chi connectivity index (χ0n) is 14.5. The lowest BCUT2D eigenvalue weighted by Gasteiger charge is -2.08. The van der Waals surface area contributed by atoms with Gasteiger partial charge in [-0.2, -0.15) is 0 Å². The number of hydrogen-bond acceptors (Lipinski definition) is 3. The lowest BCUT2D eigenvalue weighted by atomic mass is 10.1. The lowest BCUT2D eigenvalue weighted by Crippen LogP contribution is -2.11. The summed E-state index contributed by atoms with van der Waals surface area (Å²) in [5.74, 6) is 1.76. The van der Waals surface area contributed by atoms with Crippen molar-refractivity contribution in [2.45, 2.75) is 4.90 Å². The van der Waals surface area contributed by atoms with Gasteiger partial charge >= 0.3 is 0 Å². The van der Waals surface area contributed by atoms with Crippen molar-refractivity contribution in [3.63, 3.8) is 0 Å². The summed E-state index contributed by atoms with van der Waals surface area (Å²) >= 11 is 0. The van der Waals surface area contributed by atoms with Crippen LogP contribution in [0.1, 0.15) is 0 Å². The molecule has 0 aliphatic heterocycles. The van der Waals surface area contributed by atoms with Crippen LogP contribution in [0, 0.1) is 0 Å². The van der Waals surface area contributed by atoms with E-state index in [1.807, 2.05) is 54.6 Å². The number of rotatable bonds is 3. The van der Waals surface area contributed by atoms with Crippen LogP contribution in [-0.2, 0) is 10.0 Å². The molecule has 0 amide bonds. The van der Waals surface area contributed by atoms with Gasteiger partial charge in [-0.1, -0.05) is 72.8 Å². The second-order valence-electron chi connectivity index (χ2n) is 5.75. The molecule has 4 aromatic rings. The first-order valence-corrected chi connectivity index (χ1v) is 9.87. The summed E-state index contributed by atoms with van der Waals surface area (Å²) in [6.45, 7) is 0. The fourth-order valence-corrected chi connectivity index (χ4v) is 3.05. The summed E-state index contributed by atoms with van der Waals surface area (Å²) in [4.78, 5) is 0.148. The summed E-state index contributed by atoms with van der Waals surface area (Å²) in [6.07, 6.45) is 0. The number of fused-ring (bicyclic) bond motifs is 1. The van der Waals surface area contributed by atoms with E-state index in [2.05, 4.69) is 18.2 Å². The second-order valence-corrected chi connectivity index (χ2v) is 7.31. The van der Waals surface area contributed by atoms with Gasteiger partial charge < -0.3 is 4.74 Å². The van der Waals surface area contributed by atoms with Crippen LogP contribution in [0.3, 0.4) is 0 Å². The Morgan fingerprint density at radius 2 is 1.19 bits per heavy atom. The van der Waals surface area contributed by atoms with Crippen molar-refractivity contribution in [2.75, 3.05) is 0 Å². The second kappa shape index (κ2) is 8.49. The molecule has 0 aliphatic rings. The van der Waals surface area contributed by atoms with Crippen molar-refractivity contribution in [1.82, 2.24) is 0 Å². The van der Waals surface area contributed by atoms with E-state index in [9.17, 15) is 8.42 Å². The van der Waals surface area contributed by atoms with Crippen molar-refractivity contribution in [3.05, 3.63) is 103 Å². The van der Waals surface area contributed by atoms with Gasteiger partial charge in [-0.3, -0.25) is 0 Å². The van der Waals surface area contributed by atoms with Gasteiger partial charge in [0.2, 0.25) is 10.0 Å². The smallest absolute Gasteiger partial charge is 0.238 e. The molecule has 0 bridgehead atoms. The minimum absolute atomic E-state index is 0.148. The number of sulfonamides is 1. The third-order valence-electron chi connectivity index (χ3n) is 3.79. The molecule has 0 unspecified atom stereocenters. The molecule has 5 heteroatoms. The summed E-state index contributed by atoms with van der Waals surface area (Å²) in [6, 6.07) is 32.1. The molecule has 4 nitrogen and oxygen atoms in total. The fraction of sp³-hybridized carbons (Fsp3) is 0. The summed E-state index contributed by atoms with van der Waals surface area (Å²) in [5.41, 5.74) is 0. The molecule has 136 valence electrons. The number of ether oxygens (including phenoxy) is 1. The molecular weight excluding hydrogens is 358 g/mol. The molecule has 0 atom stereocenters. The number of nitrogens with two attached hydrogens (primary N) is 1. The maximum atomic E-state index is 10.6. The number of para-hydroxylation sites is 1. The molecule has 27 heavy (non-hydrogen) atoms. The van der Waals surface area contributed by atoms with Crippen LogP contribution in [0.25, 0.3) is 10.8 Å². The Kier molecular flexibility index (Phi) is 5.86. The Morgan fingerprint density at radius 3 is 1.81 bits per heavy atom. The summed E-state index contributed by atoms with van der Waals surface area (Å²) in [5, 5.41) is 7.16. The highest BCUT2D eigenvalue weighted by Gasteiger charge is 2.04. The Balaban J connectivity index is 0.000000180. The minimum atomic E-state index is -3.50. The Bertz CT molecular complexity index is 1110. The molecule has 0 aliphatic carbocycles. The van der Waals surface area contributed by atoms with Crippen molar-refractivity contribution < 1.29 is 13.2 Å². The van der Waals surface area contributed by atoms with E-state index >= 15 is 0 Å². The molecule has 0 spiro atoms. The van der Waals surface area contributed by atoms with E-state index in [0.29, 0.717) is 0 Å². The molecule has 2 N–H and O–H groups in total. The van der Waals surface area contributed by atoms with Gasteiger partial charge in [-0.25, -0.2) is 13.6 Å². The Labute approximate surface area is 158 Å². The minimum Gasteiger partial charge on any atom is -0.457 e. The predicted molar refractivity (Wildman–Crippen MR) is 108 cm³/mol. The van der Waals surface area contributed by atoms with Crippen LogP contribution in [0.15, 0.2) is 108 Å². The van der Waals surface area contributed by atoms with E-state index in [0.717, 1.165) is 16.9 Å². The highest BCUT2D eigenvalue weighted by Crippen LogP contribution is 2.29. The molecule has 0 saturated heterocycles. The monoisotopic (exact) mass is 377 g/mol. The first kappa shape index (κ1) is 18.6. The first-order valence-electron chi connectivity index (χ1n) is 8.32. The van der Waals surface area contributed by atoms with E-state index in [1.54, 1.807) is 18.2 Å². The Morgan fingerprint density at radius 1 is 0.630 bits per heavy atom. The maximum absolute atomic E-state index is 10.6. The average molecular weight is 377 g/mol. The van der Waals surface area contributed by atoms with Crippen LogP contribution in [0.5, 0.6) is 11.5 Å². The van der Waals surface area contributed by atoms with Crippen LogP contribution in [0.2, 0.25) is 0 Å². The third kappa shape index (κ3) is 5.17. The first-order chi connectivity index (χ1) is 13.0. The van der Waals surface area contributed by atoms with Crippen LogP contribution >= 0.6 is 0 Å². The third-order valence-corrected chi connectivity index (χ3v) is 4.72. The quantitative estimate of drug-likeness (QED) is 0.548. The molecule has 0 radical (unpaired) electrons. The SMILES string of the molecule is NS(=O)(=O)c1ccccc1.c1ccc(Oc2cccc3ccccc23)cc1. The van der Waals surface area contributed by atoms with E-state index < -0.39 is 10.0 Å². The highest BCUT2D eigenvalue weighted by atomic mass is 32.2. The van der Waals surface area contributed by atoms with Crippen molar-refractivity contribution in [2.24, 2.45) is 5.14 Å². The standard InChI is InChI=1S/C16H12O.C6H7NO2S/c1-2-9-14(10-3-1)17-16-12-6-8-13-7-4-5-11-15(13)16;7-10(8,9)6-4-2-1-3-5-6/h1-12H;1-5H,(H2,7,8,9). The van der Waals surface area contributed by atoms with Crippen LogP contribution in [0.4, 0.5) is 0 Å². The van der Waals surface area contributed by atoms with Crippen molar-refractivity contribution in [1.29, 1.82) is 0 Å². The highest BCUT2D eigenvalue weighted by molar-refractivity contribution is 7.89. The zero-order valence-corrected chi connectivity index (χ0v) is 15.3. The Hall–Kier alpha value is -3.15. The largest absolute Gasteiger partial charge is 0.457 e. The zero-order chi connectivity index (χ0) is 19.1. The van der Waals surface area contributed by atoms with Gasteiger partial charge in [-0.05, 0) is 35.7 Å². The van der Waals surface area contributed by atoms with Gasteiger partial charge in [0.15, 0.2) is 0 Å².